The molecular formula is C24H25ClN4. The zero-order valence-corrected chi connectivity index (χ0v) is 17.6. The van der Waals surface area contributed by atoms with E-state index in [0.717, 1.165) is 59.6 Å². The fourth-order valence-electron chi connectivity index (χ4n) is 3.81. The minimum atomic E-state index is 0.707. The van der Waals surface area contributed by atoms with Gasteiger partial charge in [-0.05, 0) is 36.6 Å². The quantitative estimate of drug-likeness (QED) is 0.359. The Morgan fingerprint density at radius 2 is 1.69 bits per heavy atom. The van der Waals surface area contributed by atoms with Crippen LogP contribution in [0.3, 0.4) is 0 Å². The second-order valence-electron chi connectivity index (χ2n) is 7.14. The average molecular weight is 405 g/mol. The third-order valence-electron chi connectivity index (χ3n) is 5.02. The van der Waals surface area contributed by atoms with Gasteiger partial charge < -0.3 is 9.47 Å². The first kappa shape index (κ1) is 19.5. The fourth-order valence-corrected chi connectivity index (χ4v) is 3.99. The predicted octanol–water partition coefficient (Wildman–Crippen LogP) is 6.37. The minimum absolute atomic E-state index is 0.707. The van der Waals surface area contributed by atoms with Crippen LogP contribution < -0.4 is 4.90 Å². The van der Waals surface area contributed by atoms with Gasteiger partial charge in [-0.2, -0.15) is 0 Å². The summed E-state index contributed by atoms with van der Waals surface area (Å²) in [7, 11) is 0. The first-order valence-corrected chi connectivity index (χ1v) is 10.5. The minimum Gasteiger partial charge on any atom is -0.356 e. The monoisotopic (exact) mass is 404 g/mol. The molecule has 0 saturated heterocycles. The van der Waals surface area contributed by atoms with Gasteiger partial charge in [0.25, 0.3) is 0 Å². The van der Waals surface area contributed by atoms with Gasteiger partial charge in [-0.15, -0.1) is 0 Å². The highest BCUT2D eigenvalue weighted by Gasteiger charge is 2.20. The molecule has 0 saturated carbocycles. The van der Waals surface area contributed by atoms with Crippen molar-refractivity contribution in [2.75, 3.05) is 18.0 Å². The van der Waals surface area contributed by atoms with E-state index in [0.29, 0.717) is 5.02 Å². The van der Waals surface area contributed by atoms with Gasteiger partial charge in [-0.1, -0.05) is 61.8 Å². The molecule has 0 atom stereocenters. The van der Waals surface area contributed by atoms with Crippen LogP contribution in [0.5, 0.6) is 0 Å². The number of benzene rings is 2. The molecule has 0 aliphatic heterocycles. The van der Waals surface area contributed by atoms with Crippen molar-refractivity contribution in [3.8, 4) is 16.8 Å². The van der Waals surface area contributed by atoms with Gasteiger partial charge in [-0.3, -0.25) is 0 Å². The van der Waals surface area contributed by atoms with Crippen molar-refractivity contribution in [3.63, 3.8) is 0 Å². The van der Waals surface area contributed by atoms with Gasteiger partial charge in [0.2, 0.25) is 0 Å². The normalized spacial score (nSPS) is 11.1. The molecule has 5 heteroatoms. The Morgan fingerprint density at radius 1 is 0.931 bits per heavy atom. The Balaban J connectivity index is 2.01. The lowest BCUT2D eigenvalue weighted by Crippen LogP contribution is -2.26. The molecule has 0 spiro atoms. The van der Waals surface area contributed by atoms with Gasteiger partial charge >= 0.3 is 0 Å². The van der Waals surface area contributed by atoms with E-state index in [9.17, 15) is 0 Å². The van der Waals surface area contributed by atoms with Crippen molar-refractivity contribution in [2.45, 2.75) is 26.7 Å². The van der Waals surface area contributed by atoms with Crippen molar-refractivity contribution in [2.24, 2.45) is 0 Å². The molecule has 0 fully saturated rings. The van der Waals surface area contributed by atoms with Crippen molar-refractivity contribution >= 4 is 28.5 Å². The molecule has 2 aromatic heterocycles. The molecular weight excluding hydrogens is 380 g/mol. The highest BCUT2D eigenvalue weighted by molar-refractivity contribution is 6.30. The summed E-state index contributed by atoms with van der Waals surface area (Å²) in [4.78, 5) is 11.8. The number of nitrogens with zero attached hydrogens (tertiary/aromatic N) is 4. The maximum atomic E-state index is 6.28. The molecule has 29 heavy (non-hydrogen) atoms. The van der Waals surface area contributed by atoms with E-state index in [4.69, 9.17) is 16.6 Å². The van der Waals surface area contributed by atoms with Crippen LogP contribution in [0.4, 0.5) is 5.82 Å². The number of rotatable bonds is 7. The molecule has 4 rings (SSSR count). The van der Waals surface area contributed by atoms with Crippen LogP contribution in [0.25, 0.3) is 27.8 Å². The Morgan fingerprint density at radius 3 is 2.38 bits per heavy atom. The van der Waals surface area contributed by atoms with Crippen LogP contribution in [-0.4, -0.2) is 27.6 Å². The predicted molar refractivity (Wildman–Crippen MR) is 122 cm³/mol. The highest BCUT2D eigenvalue weighted by atomic mass is 35.5. The first-order valence-electron chi connectivity index (χ1n) is 10.1. The summed E-state index contributed by atoms with van der Waals surface area (Å²) < 4.78 is 2.12. The van der Waals surface area contributed by atoms with Crippen LogP contribution >= 0.6 is 11.6 Å². The van der Waals surface area contributed by atoms with Crippen molar-refractivity contribution in [1.82, 2.24) is 14.5 Å². The van der Waals surface area contributed by atoms with Crippen LogP contribution in [0.1, 0.15) is 26.7 Å². The summed E-state index contributed by atoms with van der Waals surface area (Å²) in [6, 6.07) is 18.3. The van der Waals surface area contributed by atoms with Crippen molar-refractivity contribution < 1.29 is 0 Å². The van der Waals surface area contributed by atoms with E-state index in [-0.39, 0.29) is 0 Å². The van der Waals surface area contributed by atoms with Gasteiger partial charge in [0.1, 0.15) is 12.1 Å². The molecule has 0 aliphatic carbocycles. The lowest BCUT2D eigenvalue weighted by atomic mass is 10.1. The van der Waals surface area contributed by atoms with E-state index in [1.807, 2.05) is 24.3 Å². The van der Waals surface area contributed by atoms with Gasteiger partial charge in [0.05, 0.1) is 5.39 Å². The van der Waals surface area contributed by atoms with E-state index >= 15 is 0 Å². The lowest BCUT2D eigenvalue weighted by Gasteiger charge is -2.23. The number of hydrogen-bond donors (Lipinski definition) is 0. The van der Waals surface area contributed by atoms with Gasteiger partial charge in [-0.25, -0.2) is 9.97 Å². The highest BCUT2D eigenvalue weighted by Crippen LogP contribution is 2.37. The van der Waals surface area contributed by atoms with E-state index < -0.39 is 0 Å². The lowest BCUT2D eigenvalue weighted by molar-refractivity contribution is 0.736. The summed E-state index contributed by atoms with van der Waals surface area (Å²) in [5.41, 5.74) is 4.18. The molecule has 148 valence electrons. The number of halogens is 1. The molecule has 0 N–H and O–H groups in total. The zero-order chi connectivity index (χ0) is 20.2. The zero-order valence-electron chi connectivity index (χ0n) is 16.8. The van der Waals surface area contributed by atoms with E-state index in [2.05, 4.69) is 64.8 Å². The molecule has 0 amide bonds. The molecule has 2 aromatic carbocycles. The Bertz CT molecular complexity index is 1100. The standard InChI is InChI=1S/C24H25ClN4/c1-3-13-28(14-4-2)23-22-21(18-9-6-5-7-10-18)16-29(24(22)27-17-26-23)20-12-8-11-19(25)15-20/h5-12,15-17H,3-4,13-14H2,1-2H3. The smallest absolute Gasteiger partial charge is 0.150 e. The van der Waals surface area contributed by atoms with Crippen molar-refractivity contribution in [1.29, 1.82) is 0 Å². The second kappa shape index (κ2) is 8.66. The van der Waals surface area contributed by atoms with Crippen LogP contribution in [0.15, 0.2) is 67.1 Å². The summed E-state index contributed by atoms with van der Waals surface area (Å²) >= 11 is 6.28. The molecule has 4 nitrogen and oxygen atoms in total. The molecule has 0 bridgehead atoms. The summed E-state index contributed by atoms with van der Waals surface area (Å²) in [5, 5.41) is 1.79. The SMILES string of the molecule is CCCN(CCC)c1ncnc2c1c(-c1ccccc1)cn2-c1cccc(Cl)c1. The second-order valence-corrected chi connectivity index (χ2v) is 7.58. The van der Waals surface area contributed by atoms with Crippen LogP contribution in [0, 0.1) is 0 Å². The first-order chi connectivity index (χ1) is 14.2. The Labute approximate surface area is 176 Å². The number of hydrogen-bond acceptors (Lipinski definition) is 3. The number of fused-ring (bicyclic) bond motifs is 1. The third kappa shape index (κ3) is 3.85. The fraction of sp³-hybridized carbons (Fsp3) is 0.250. The van der Waals surface area contributed by atoms with Crippen LogP contribution in [-0.2, 0) is 0 Å². The molecule has 2 heterocycles. The summed E-state index contributed by atoms with van der Waals surface area (Å²) in [6.07, 6.45) is 5.97. The molecule has 4 aromatic rings. The van der Waals surface area contributed by atoms with Crippen LogP contribution in [0.2, 0.25) is 5.02 Å². The molecule has 0 unspecified atom stereocenters. The largest absolute Gasteiger partial charge is 0.356 e. The number of anilines is 1. The average Bonchev–Trinajstić information content (AvgIpc) is 3.14. The maximum Gasteiger partial charge on any atom is 0.150 e. The van der Waals surface area contributed by atoms with Gasteiger partial charge in [0, 0.05) is 35.6 Å². The number of aromatic nitrogens is 3. The summed E-state index contributed by atoms with van der Waals surface area (Å²) in [6.45, 7) is 6.35. The summed E-state index contributed by atoms with van der Waals surface area (Å²) in [5.74, 6) is 0.998. The van der Waals surface area contributed by atoms with Crippen molar-refractivity contribution in [3.05, 3.63) is 72.1 Å². The molecule has 0 radical (unpaired) electrons. The van der Waals surface area contributed by atoms with E-state index in [1.54, 1.807) is 6.33 Å². The maximum absolute atomic E-state index is 6.28. The van der Waals surface area contributed by atoms with E-state index in [1.165, 1.54) is 0 Å². The Hall–Kier alpha value is -2.85. The van der Waals surface area contributed by atoms with Gasteiger partial charge in [0.15, 0.2) is 5.65 Å². The Kier molecular flexibility index (Phi) is 5.81. The topological polar surface area (TPSA) is 34.0 Å². The molecule has 0 aliphatic rings. The third-order valence-corrected chi connectivity index (χ3v) is 5.26.